The van der Waals surface area contributed by atoms with Gasteiger partial charge in [0, 0.05) is 23.9 Å². The lowest BCUT2D eigenvalue weighted by molar-refractivity contribution is -0.116. The Balaban J connectivity index is 2.04. The molecule has 0 unspecified atom stereocenters. The van der Waals surface area contributed by atoms with Crippen molar-refractivity contribution in [1.29, 1.82) is 0 Å². The molecule has 0 heterocycles. The number of hydrogen-bond donors (Lipinski definition) is 2. The lowest BCUT2D eigenvalue weighted by Crippen LogP contribution is -2.12. The van der Waals surface area contributed by atoms with Crippen LogP contribution in [0.25, 0.3) is 6.08 Å². The lowest BCUT2D eigenvalue weighted by atomic mass is 10.1. The SMILES string of the molecule is CCC(=O)Nc1cc(NC(=O)/C=C/c2ccc(C)cc2)ccc1C. The van der Waals surface area contributed by atoms with Crippen molar-refractivity contribution in [2.24, 2.45) is 0 Å². The topological polar surface area (TPSA) is 58.2 Å². The molecular weight excluding hydrogens is 300 g/mol. The van der Waals surface area contributed by atoms with Gasteiger partial charge in [-0.25, -0.2) is 0 Å². The quantitative estimate of drug-likeness (QED) is 0.806. The predicted octanol–water partition coefficient (Wildman–Crippen LogP) is 4.30. The van der Waals surface area contributed by atoms with E-state index in [1.807, 2.05) is 50.2 Å². The van der Waals surface area contributed by atoms with Crippen LogP contribution in [-0.4, -0.2) is 11.8 Å². The Morgan fingerprint density at radius 2 is 1.71 bits per heavy atom. The predicted molar refractivity (Wildman–Crippen MR) is 98.9 cm³/mol. The van der Waals surface area contributed by atoms with Crippen molar-refractivity contribution in [3.63, 3.8) is 0 Å². The van der Waals surface area contributed by atoms with E-state index >= 15 is 0 Å². The minimum atomic E-state index is -0.216. The van der Waals surface area contributed by atoms with Crippen LogP contribution in [0.4, 0.5) is 11.4 Å². The Labute approximate surface area is 142 Å². The van der Waals surface area contributed by atoms with Crippen LogP contribution >= 0.6 is 0 Å². The fraction of sp³-hybridized carbons (Fsp3) is 0.200. The summed E-state index contributed by atoms with van der Waals surface area (Å²) in [5.41, 5.74) is 4.45. The Morgan fingerprint density at radius 1 is 1.00 bits per heavy atom. The number of nitrogens with one attached hydrogen (secondary N) is 2. The zero-order valence-electron chi connectivity index (χ0n) is 14.2. The number of amides is 2. The molecule has 0 fully saturated rings. The van der Waals surface area contributed by atoms with Gasteiger partial charge in [-0.1, -0.05) is 42.8 Å². The fourth-order valence-corrected chi connectivity index (χ4v) is 2.11. The third kappa shape index (κ3) is 5.09. The minimum Gasteiger partial charge on any atom is -0.326 e. The van der Waals surface area contributed by atoms with E-state index in [0.29, 0.717) is 17.8 Å². The summed E-state index contributed by atoms with van der Waals surface area (Å²) in [6.07, 6.45) is 3.67. The average molecular weight is 322 g/mol. The maximum atomic E-state index is 12.0. The Hall–Kier alpha value is -2.88. The third-order valence-corrected chi connectivity index (χ3v) is 3.60. The largest absolute Gasteiger partial charge is 0.326 e. The monoisotopic (exact) mass is 322 g/mol. The van der Waals surface area contributed by atoms with Gasteiger partial charge in [-0.05, 0) is 43.2 Å². The molecule has 0 radical (unpaired) electrons. The van der Waals surface area contributed by atoms with Gasteiger partial charge in [0.05, 0.1) is 0 Å². The molecule has 0 aromatic heterocycles. The Kier molecular flexibility index (Phi) is 5.90. The smallest absolute Gasteiger partial charge is 0.248 e. The first-order valence-electron chi connectivity index (χ1n) is 7.94. The molecule has 0 aliphatic carbocycles. The van der Waals surface area contributed by atoms with Crippen LogP contribution in [0.2, 0.25) is 0 Å². The highest BCUT2D eigenvalue weighted by Gasteiger charge is 2.05. The molecule has 4 nitrogen and oxygen atoms in total. The lowest BCUT2D eigenvalue weighted by Gasteiger charge is -2.10. The van der Waals surface area contributed by atoms with Gasteiger partial charge >= 0.3 is 0 Å². The molecule has 0 aliphatic heterocycles. The molecule has 0 saturated carbocycles. The van der Waals surface area contributed by atoms with Crippen molar-refractivity contribution < 1.29 is 9.59 Å². The first-order valence-corrected chi connectivity index (χ1v) is 7.94. The van der Waals surface area contributed by atoms with Gasteiger partial charge in [-0.2, -0.15) is 0 Å². The normalized spacial score (nSPS) is 10.6. The summed E-state index contributed by atoms with van der Waals surface area (Å²) in [6, 6.07) is 13.4. The number of rotatable bonds is 5. The Morgan fingerprint density at radius 3 is 2.38 bits per heavy atom. The molecule has 0 spiro atoms. The molecule has 0 bridgehead atoms. The summed E-state index contributed by atoms with van der Waals surface area (Å²) in [7, 11) is 0. The molecular formula is C20H22N2O2. The van der Waals surface area contributed by atoms with Crippen LogP contribution in [-0.2, 0) is 9.59 Å². The average Bonchev–Trinajstić information content (AvgIpc) is 2.57. The van der Waals surface area contributed by atoms with Crippen molar-refractivity contribution in [3.05, 3.63) is 65.2 Å². The highest BCUT2D eigenvalue weighted by Crippen LogP contribution is 2.20. The second kappa shape index (κ2) is 8.11. The van der Waals surface area contributed by atoms with E-state index < -0.39 is 0 Å². The molecule has 2 N–H and O–H groups in total. The molecule has 2 aromatic rings. The summed E-state index contributed by atoms with van der Waals surface area (Å²) in [4.78, 5) is 23.6. The van der Waals surface area contributed by atoms with E-state index in [0.717, 1.165) is 11.1 Å². The zero-order chi connectivity index (χ0) is 17.5. The standard InChI is InChI=1S/C20H22N2O2/c1-4-19(23)22-18-13-17(11-7-15(18)3)21-20(24)12-10-16-8-5-14(2)6-9-16/h5-13H,4H2,1-3H3,(H,21,24)(H,22,23)/b12-10+. The molecule has 0 saturated heterocycles. The van der Waals surface area contributed by atoms with E-state index in [1.54, 1.807) is 19.1 Å². The van der Waals surface area contributed by atoms with Gasteiger partial charge in [-0.15, -0.1) is 0 Å². The van der Waals surface area contributed by atoms with Gasteiger partial charge in [0.2, 0.25) is 11.8 Å². The summed E-state index contributed by atoms with van der Waals surface area (Å²) < 4.78 is 0. The van der Waals surface area contributed by atoms with Crippen LogP contribution in [0.15, 0.2) is 48.5 Å². The van der Waals surface area contributed by atoms with E-state index in [1.165, 1.54) is 11.6 Å². The van der Waals surface area contributed by atoms with Crippen molar-refractivity contribution in [2.45, 2.75) is 27.2 Å². The number of carbonyl (C=O) groups excluding carboxylic acids is 2. The first kappa shape index (κ1) is 17.5. The van der Waals surface area contributed by atoms with Crippen molar-refractivity contribution in [1.82, 2.24) is 0 Å². The van der Waals surface area contributed by atoms with Crippen LogP contribution in [0.1, 0.15) is 30.0 Å². The molecule has 0 atom stereocenters. The van der Waals surface area contributed by atoms with Gasteiger partial charge < -0.3 is 10.6 Å². The summed E-state index contributed by atoms with van der Waals surface area (Å²) in [5.74, 6) is -0.270. The number of hydrogen-bond acceptors (Lipinski definition) is 2. The molecule has 4 heteroatoms. The first-order chi connectivity index (χ1) is 11.5. The van der Waals surface area contributed by atoms with Crippen molar-refractivity contribution in [3.8, 4) is 0 Å². The molecule has 2 amide bonds. The maximum absolute atomic E-state index is 12.0. The number of aryl methyl sites for hydroxylation is 2. The van der Waals surface area contributed by atoms with Crippen LogP contribution in [0.5, 0.6) is 0 Å². The fourth-order valence-electron chi connectivity index (χ4n) is 2.11. The van der Waals surface area contributed by atoms with E-state index in [2.05, 4.69) is 10.6 Å². The van der Waals surface area contributed by atoms with Gasteiger partial charge in [0.25, 0.3) is 0 Å². The highest BCUT2D eigenvalue weighted by atomic mass is 16.2. The van der Waals surface area contributed by atoms with Gasteiger partial charge in [0.15, 0.2) is 0 Å². The van der Waals surface area contributed by atoms with Crippen LogP contribution in [0, 0.1) is 13.8 Å². The van der Waals surface area contributed by atoms with E-state index in [9.17, 15) is 9.59 Å². The molecule has 2 rings (SSSR count). The molecule has 0 aliphatic rings. The van der Waals surface area contributed by atoms with Crippen molar-refractivity contribution in [2.75, 3.05) is 10.6 Å². The van der Waals surface area contributed by atoms with Gasteiger partial charge in [-0.3, -0.25) is 9.59 Å². The van der Waals surface area contributed by atoms with Crippen LogP contribution in [0.3, 0.4) is 0 Å². The summed E-state index contributed by atoms with van der Waals surface area (Å²) in [5, 5.41) is 5.63. The van der Waals surface area contributed by atoms with E-state index in [-0.39, 0.29) is 11.8 Å². The third-order valence-electron chi connectivity index (χ3n) is 3.60. The van der Waals surface area contributed by atoms with Crippen molar-refractivity contribution >= 4 is 29.3 Å². The zero-order valence-corrected chi connectivity index (χ0v) is 14.2. The number of benzene rings is 2. The maximum Gasteiger partial charge on any atom is 0.248 e. The second-order valence-electron chi connectivity index (χ2n) is 5.66. The van der Waals surface area contributed by atoms with Gasteiger partial charge in [0.1, 0.15) is 0 Å². The summed E-state index contributed by atoms with van der Waals surface area (Å²) in [6.45, 7) is 5.73. The Bertz CT molecular complexity index is 762. The minimum absolute atomic E-state index is 0.0548. The molecule has 24 heavy (non-hydrogen) atoms. The summed E-state index contributed by atoms with van der Waals surface area (Å²) >= 11 is 0. The second-order valence-corrected chi connectivity index (χ2v) is 5.66. The highest BCUT2D eigenvalue weighted by molar-refractivity contribution is 6.02. The number of carbonyl (C=O) groups is 2. The van der Waals surface area contributed by atoms with Crippen LogP contribution < -0.4 is 10.6 Å². The molecule has 2 aromatic carbocycles. The molecule has 124 valence electrons. The number of anilines is 2. The van der Waals surface area contributed by atoms with E-state index in [4.69, 9.17) is 0 Å².